The highest BCUT2D eigenvalue weighted by molar-refractivity contribution is 7.15. The Kier molecular flexibility index (Phi) is 5.44. The Balaban J connectivity index is 1.43. The van der Waals surface area contributed by atoms with Crippen molar-refractivity contribution in [3.05, 3.63) is 40.4 Å². The van der Waals surface area contributed by atoms with Crippen molar-refractivity contribution in [2.75, 3.05) is 31.6 Å². The minimum absolute atomic E-state index is 0.341. The maximum Gasteiger partial charge on any atom is 0.409 e. The monoisotopic (exact) mass is 361 g/mol. The van der Waals surface area contributed by atoms with E-state index in [0.717, 1.165) is 10.6 Å². The smallest absolute Gasteiger partial charge is 0.409 e. The number of carbonyl (C=O) groups excluding carboxylic acids is 2. The van der Waals surface area contributed by atoms with Crippen molar-refractivity contribution < 1.29 is 14.3 Å². The van der Waals surface area contributed by atoms with E-state index in [1.807, 2.05) is 6.92 Å². The number of ether oxygens (including phenoxy) is 1. The van der Waals surface area contributed by atoms with Crippen molar-refractivity contribution in [1.82, 2.24) is 20.4 Å². The lowest BCUT2D eigenvalue weighted by Crippen LogP contribution is -2.37. The first-order valence-corrected chi connectivity index (χ1v) is 8.76. The number of rotatable bonds is 6. The summed E-state index contributed by atoms with van der Waals surface area (Å²) >= 11 is 1.34. The Morgan fingerprint density at radius 2 is 2.12 bits per heavy atom. The maximum absolute atomic E-state index is 11.9. The highest BCUT2D eigenvalue weighted by Crippen LogP contribution is 2.18. The molecule has 2 heterocycles. The molecule has 1 saturated heterocycles. The average molecular weight is 361 g/mol. The average Bonchev–Trinajstić information content (AvgIpc) is 3.19. The number of hydrogen-bond donors (Lipinski definition) is 2. The van der Waals surface area contributed by atoms with E-state index in [0.29, 0.717) is 37.8 Å². The number of cyclic esters (lactones) is 1. The van der Waals surface area contributed by atoms with Gasteiger partial charge in [-0.05, 0) is 12.5 Å². The minimum atomic E-state index is -0.370. The fourth-order valence-corrected chi connectivity index (χ4v) is 3.10. The molecule has 0 radical (unpaired) electrons. The van der Waals surface area contributed by atoms with Crippen LogP contribution in [0.5, 0.6) is 0 Å². The predicted molar refractivity (Wildman–Crippen MR) is 93.8 cm³/mol. The summed E-state index contributed by atoms with van der Waals surface area (Å²) in [5.74, 6) is 0. The third-order valence-corrected chi connectivity index (χ3v) is 4.51. The second-order valence-electron chi connectivity index (χ2n) is 5.65. The third kappa shape index (κ3) is 4.90. The number of aromatic nitrogens is 2. The molecule has 8 nitrogen and oxygen atoms in total. The summed E-state index contributed by atoms with van der Waals surface area (Å²) in [5.41, 5.74) is 2.36. The van der Waals surface area contributed by atoms with Gasteiger partial charge in [-0.25, -0.2) is 9.59 Å². The summed E-state index contributed by atoms with van der Waals surface area (Å²) in [7, 11) is 0. The Hall–Kier alpha value is -2.68. The van der Waals surface area contributed by atoms with Crippen LogP contribution in [-0.4, -0.2) is 53.5 Å². The van der Waals surface area contributed by atoms with Gasteiger partial charge in [-0.1, -0.05) is 41.2 Å². The number of benzene rings is 1. The summed E-state index contributed by atoms with van der Waals surface area (Å²) in [6.07, 6.45) is 0.338. The molecule has 2 aromatic rings. The van der Waals surface area contributed by atoms with Gasteiger partial charge in [0.2, 0.25) is 5.13 Å². The van der Waals surface area contributed by atoms with Gasteiger partial charge < -0.3 is 15.0 Å². The van der Waals surface area contributed by atoms with E-state index >= 15 is 0 Å². The van der Waals surface area contributed by atoms with E-state index in [9.17, 15) is 9.59 Å². The van der Waals surface area contributed by atoms with Crippen molar-refractivity contribution in [3.63, 3.8) is 0 Å². The number of anilines is 1. The van der Waals surface area contributed by atoms with Gasteiger partial charge in [0.1, 0.15) is 11.6 Å². The number of nitrogens with zero attached hydrogens (tertiary/aromatic N) is 3. The predicted octanol–water partition coefficient (Wildman–Crippen LogP) is 2.01. The van der Waals surface area contributed by atoms with Crippen LogP contribution in [0.15, 0.2) is 24.3 Å². The minimum Gasteiger partial charge on any atom is -0.448 e. The molecule has 1 aliphatic heterocycles. The Morgan fingerprint density at radius 1 is 1.32 bits per heavy atom. The van der Waals surface area contributed by atoms with Crippen LogP contribution in [0.3, 0.4) is 0 Å². The lowest BCUT2D eigenvalue weighted by atomic mass is 10.1. The molecule has 0 aliphatic carbocycles. The van der Waals surface area contributed by atoms with Crippen molar-refractivity contribution in [3.8, 4) is 0 Å². The van der Waals surface area contributed by atoms with E-state index in [2.05, 4.69) is 45.1 Å². The number of carbonyl (C=O) groups is 2. The van der Waals surface area contributed by atoms with Crippen LogP contribution in [0, 0.1) is 6.92 Å². The molecular weight excluding hydrogens is 342 g/mol. The van der Waals surface area contributed by atoms with Gasteiger partial charge in [-0.3, -0.25) is 5.32 Å². The lowest BCUT2D eigenvalue weighted by Gasteiger charge is -2.12. The van der Waals surface area contributed by atoms with Gasteiger partial charge in [0, 0.05) is 19.5 Å². The Bertz CT molecular complexity index is 746. The highest BCUT2D eigenvalue weighted by Gasteiger charge is 2.21. The van der Waals surface area contributed by atoms with Crippen LogP contribution in [0.1, 0.15) is 16.1 Å². The van der Waals surface area contributed by atoms with E-state index in [4.69, 9.17) is 4.74 Å². The summed E-state index contributed by atoms with van der Waals surface area (Å²) in [6.45, 7) is 3.76. The molecular formula is C16H19N5O3S. The molecule has 3 amide bonds. The second-order valence-corrected chi connectivity index (χ2v) is 6.71. The molecule has 0 bridgehead atoms. The van der Waals surface area contributed by atoms with Gasteiger partial charge in [0.15, 0.2) is 0 Å². The molecule has 2 N–H and O–H groups in total. The van der Waals surface area contributed by atoms with Crippen LogP contribution in [0.2, 0.25) is 0 Å². The van der Waals surface area contributed by atoms with Crippen LogP contribution in [0.4, 0.5) is 14.7 Å². The normalized spacial score (nSPS) is 13.6. The van der Waals surface area contributed by atoms with Crippen LogP contribution >= 0.6 is 11.3 Å². The zero-order valence-electron chi connectivity index (χ0n) is 13.8. The second kappa shape index (κ2) is 7.93. The Morgan fingerprint density at radius 3 is 2.84 bits per heavy atom. The molecule has 0 spiro atoms. The summed E-state index contributed by atoms with van der Waals surface area (Å²) in [6, 6.07) is 7.85. The van der Waals surface area contributed by atoms with Crippen molar-refractivity contribution in [2.45, 2.75) is 13.3 Å². The first-order valence-electron chi connectivity index (χ1n) is 7.94. The molecule has 25 heavy (non-hydrogen) atoms. The van der Waals surface area contributed by atoms with Crippen LogP contribution in [0.25, 0.3) is 0 Å². The molecule has 1 aromatic heterocycles. The Labute approximate surface area is 149 Å². The van der Waals surface area contributed by atoms with E-state index < -0.39 is 0 Å². The summed E-state index contributed by atoms with van der Waals surface area (Å²) < 4.78 is 4.82. The molecule has 9 heteroatoms. The third-order valence-electron chi connectivity index (χ3n) is 3.68. The number of urea groups is 1. The maximum atomic E-state index is 11.9. The zero-order valence-corrected chi connectivity index (χ0v) is 14.6. The molecule has 132 valence electrons. The zero-order chi connectivity index (χ0) is 17.6. The van der Waals surface area contributed by atoms with E-state index in [1.54, 1.807) is 4.90 Å². The quantitative estimate of drug-likeness (QED) is 0.820. The highest BCUT2D eigenvalue weighted by atomic mass is 32.1. The SMILES string of the molecule is Cc1ccc(Cc2nnc(NC(=O)NCCN3CCOC3=O)s2)cc1. The largest absolute Gasteiger partial charge is 0.448 e. The first-order chi connectivity index (χ1) is 12.1. The van der Waals surface area contributed by atoms with Gasteiger partial charge >= 0.3 is 12.1 Å². The van der Waals surface area contributed by atoms with Crippen molar-refractivity contribution >= 4 is 28.6 Å². The number of aryl methyl sites for hydroxylation is 1. The molecule has 0 atom stereocenters. The molecule has 3 rings (SSSR count). The lowest BCUT2D eigenvalue weighted by molar-refractivity contribution is 0.158. The van der Waals surface area contributed by atoms with Crippen LogP contribution in [-0.2, 0) is 11.2 Å². The van der Waals surface area contributed by atoms with Crippen molar-refractivity contribution in [2.24, 2.45) is 0 Å². The standard InChI is InChI=1S/C16H19N5O3S/c1-11-2-4-12(5-3-11)10-13-19-20-15(25-13)18-14(22)17-6-7-21-8-9-24-16(21)23/h2-5H,6-10H2,1H3,(H2,17,18,20,22). The van der Waals surface area contributed by atoms with E-state index in [-0.39, 0.29) is 12.1 Å². The van der Waals surface area contributed by atoms with Gasteiger partial charge in [0.05, 0.1) is 6.54 Å². The molecule has 1 fully saturated rings. The fourth-order valence-electron chi connectivity index (χ4n) is 2.33. The van der Waals surface area contributed by atoms with Gasteiger partial charge in [-0.15, -0.1) is 10.2 Å². The number of nitrogens with one attached hydrogen (secondary N) is 2. The first kappa shape index (κ1) is 17.2. The molecule has 0 unspecified atom stereocenters. The molecule has 1 aliphatic rings. The summed E-state index contributed by atoms with van der Waals surface area (Å²) in [5, 5.41) is 14.7. The van der Waals surface area contributed by atoms with Gasteiger partial charge in [0.25, 0.3) is 0 Å². The number of hydrogen-bond acceptors (Lipinski definition) is 6. The van der Waals surface area contributed by atoms with E-state index in [1.165, 1.54) is 16.9 Å². The fraction of sp³-hybridized carbons (Fsp3) is 0.375. The van der Waals surface area contributed by atoms with Gasteiger partial charge in [-0.2, -0.15) is 0 Å². The molecule has 1 aromatic carbocycles. The topological polar surface area (TPSA) is 96.4 Å². The van der Waals surface area contributed by atoms with Crippen molar-refractivity contribution in [1.29, 1.82) is 0 Å². The molecule has 0 saturated carbocycles. The summed E-state index contributed by atoms with van der Waals surface area (Å²) in [4.78, 5) is 24.7. The van der Waals surface area contributed by atoms with Crippen LogP contribution < -0.4 is 10.6 Å². The number of amides is 3.